The van der Waals surface area contributed by atoms with Crippen molar-refractivity contribution in [2.24, 2.45) is 4.99 Å². The third-order valence-electron chi connectivity index (χ3n) is 9.56. The second kappa shape index (κ2) is 12.8. The first-order valence-electron chi connectivity index (χ1n) is 17.0. The molecule has 0 amide bonds. The van der Waals surface area contributed by atoms with Crippen LogP contribution in [0.1, 0.15) is 22.9 Å². The molecule has 1 aromatic heterocycles. The third-order valence-corrected chi connectivity index (χ3v) is 9.56. The summed E-state index contributed by atoms with van der Waals surface area (Å²) >= 11 is 0. The predicted molar refractivity (Wildman–Crippen MR) is 209 cm³/mol. The Hall–Kier alpha value is -6.58. The molecule has 7 aromatic carbocycles. The van der Waals surface area contributed by atoms with Crippen LogP contribution in [-0.2, 0) is 0 Å². The van der Waals surface area contributed by atoms with Crippen molar-refractivity contribution < 1.29 is 0 Å². The monoisotopic (exact) mass is 639 g/mol. The second-order valence-corrected chi connectivity index (χ2v) is 12.6. The Morgan fingerprint density at radius 1 is 0.420 bits per heavy atom. The average Bonchev–Trinajstić information content (AvgIpc) is 3.21. The molecule has 0 radical (unpaired) electrons. The van der Waals surface area contributed by atoms with Gasteiger partial charge in [-0.25, -0.2) is 0 Å². The van der Waals surface area contributed by atoms with Gasteiger partial charge in [0.1, 0.15) is 6.17 Å². The number of aromatic nitrogens is 1. The first-order valence-corrected chi connectivity index (χ1v) is 17.0. The largest absolute Gasteiger partial charge is 0.360 e. The molecule has 1 unspecified atom stereocenters. The maximum absolute atomic E-state index is 5.36. The zero-order valence-electron chi connectivity index (χ0n) is 27.4. The van der Waals surface area contributed by atoms with Crippen molar-refractivity contribution in [3.63, 3.8) is 0 Å². The van der Waals surface area contributed by atoms with Crippen molar-refractivity contribution in [1.82, 2.24) is 10.3 Å². The van der Waals surface area contributed by atoms with Gasteiger partial charge in [-0.3, -0.25) is 9.98 Å². The van der Waals surface area contributed by atoms with Gasteiger partial charge in [0.15, 0.2) is 0 Å². The van der Waals surface area contributed by atoms with Crippen LogP contribution in [0.15, 0.2) is 193 Å². The second-order valence-electron chi connectivity index (χ2n) is 12.6. The molecule has 236 valence electrons. The van der Waals surface area contributed by atoms with E-state index in [2.05, 4.69) is 180 Å². The average molecular weight is 640 g/mol. The smallest absolute Gasteiger partial charge is 0.145 e. The molecular formula is C47H33N3. The number of nitrogens with zero attached hydrogens (tertiary/aromatic N) is 2. The van der Waals surface area contributed by atoms with Crippen LogP contribution >= 0.6 is 0 Å². The van der Waals surface area contributed by atoms with Crippen molar-refractivity contribution in [3.8, 4) is 33.4 Å². The molecule has 2 heterocycles. The van der Waals surface area contributed by atoms with Gasteiger partial charge in [0.25, 0.3) is 0 Å². The van der Waals surface area contributed by atoms with E-state index in [1.807, 2.05) is 12.3 Å². The van der Waals surface area contributed by atoms with Gasteiger partial charge in [0.2, 0.25) is 0 Å². The first kappa shape index (κ1) is 29.6. The number of nitrogens with one attached hydrogen (secondary N) is 1. The Morgan fingerprint density at radius 2 is 0.960 bits per heavy atom. The molecule has 0 fully saturated rings. The first-order chi connectivity index (χ1) is 24.8. The van der Waals surface area contributed by atoms with E-state index >= 15 is 0 Å². The van der Waals surface area contributed by atoms with Gasteiger partial charge in [0, 0.05) is 29.2 Å². The molecule has 1 atom stereocenters. The molecule has 0 aliphatic carbocycles. The standard InChI is InChI=1S/C47H33N3/c1-3-14-32(15-4-1)43-30-44(35-19-11-18-34(28-35)38-22-13-27-48-31-38)50-47(49-43)37-21-12-20-36(29-37)46-41-25-9-7-23-39(41)45(33-16-5-2-6-17-33)40-24-8-10-26-42(40)46/h1-31,47,49H. The lowest BCUT2D eigenvalue weighted by Gasteiger charge is -2.25. The molecule has 1 aliphatic rings. The van der Waals surface area contributed by atoms with Crippen LogP contribution in [0, 0.1) is 0 Å². The Bertz CT molecular complexity index is 2500. The molecule has 50 heavy (non-hydrogen) atoms. The highest BCUT2D eigenvalue weighted by molar-refractivity contribution is 6.21. The predicted octanol–water partition coefficient (Wildman–Crippen LogP) is 11.5. The van der Waals surface area contributed by atoms with E-state index < -0.39 is 0 Å². The fourth-order valence-electron chi connectivity index (χ4n) is 7.25. The van der Waals surface area contributed by atoms with Gasteiger partial charge in [0.05, 0.1) is 5.71 Å². The van der Waals surface area contributed by atoms with Crippen LogP contribution in [0.3, 0.4) is 0 Å². The van der Waals surface area contributed by atoms with Gasteiger partial charge >= 0.3 is 0 Å². The lowest BCUT2D eigenvalue weighted by molar-refractivity contribution is 0.664. The topological polar surface area (TPSA) is 37.3 Å². The van der Waals surface area contributed by atoms with Gasteiger partial charge < -0.3 is 5.32 Å². The molecule has 3 heteroatoms. The molecule has 1 N–H and O–H groups in total. The summed E-state index contributed by atoms with van der Waals surface area (Å²) in [5.74, 6) is 0. The number of rotatable bonds is 6. The van der Waals surface area contributed by atoms with Crippen LogP contribution in [0.4, 0.5) is 0 Å². The summed E-state index contributed by atoms with van der Waals surface area (Å²) < 4.78 is 0. The van der Waals surface area contributed by atoms with E-state index in [9.17, 15) is 0 Å². The molecule has 0 bridgehead atoms. The number of aliphatic imine (C=N–C) groups is 1. The fourth-order valence-corrected chi connectivity index (χ4v) is 7.25. The summed E-state index contributed by atoms with van der Waals surface area (Å²) in [4.78, 5) is 9.71. The number of hydrogen-bond acceptors (Lipinski definition) is 3. The Labute approximate surface area is 292 Å². The highest BCUT2D eigenvalue weighted by Crippen LogP contribution is 2.44. The van der Waals surface area contributed by atoms with Crippen molar-refractivity contribution in [2.45, 2.75) is 6.17 Å². The van der Waals surface area contributed by atoms with Crippen molar-refractivity contribution >= 4 is 33.0 Å². The summed E-state index contributed by atoms with van der Waals surface area (Å²) in [6, 6.07) is 60.4. The van der Waals surface area contributed by atoms with Crippen LogP contribution in [0.25, 0.3) is 60.6 Å². The van der Waals surface area contributed by atoms with Gasteiger partial charge in [-0.2, -0.15) is 0 Å². The lowest BCUT2D eigenvalue weighted by atomic mass is 9.85. The summed E-state index contributed by atoms with van der Waals surface area (Å²) in [7, 11) is 0. The lowest BCUT2D eigenvalue weighted by Crippen LogP contribution is -2.24. The molecule has 0 saturated carbocycles. The highest BCUT2D eigenvalue weighted by atomic mass is 15.1. The molecule has 9 rings (SSSR count). The Morgan fingerprint density at radius 3 is 1.62 bits per heavy atom. The summed E-state index contributed by atoms with van der Waals surface area (Å²) in [6.07, 6.45) is 5.60. The summed E-state index contributed by atoms with van der Waals surface area (Å²) in [6.45, 7) is 0. The maximum atomic E-state index is 5.36. The molecular weight excluding hydrogens is 607 g/mol. The molecule has 8 aromatic rings. The SMILES string of the molecule is C1=C(c2ccccc2)NC(c2cccc(-c3c4ccccc4c(-c4ccccc4)c4ccccc34)c2)N=C1c1cccc(-c2cccnc2)c1. The number of pyridine rings is 1. The molecule has 0 saturated heterocycles. The molecule has 0 spiro atoms. The quantitative estimate of drug-likeness (QED) is 0.184. The van der Waals surface area contributed by atoms with Gasteiger partial charge in [-0.1, -0.05) is 152 Å². The minimum atomic E-state index is -0.284. The Kier molecular flexibility index (Phi) is 7.56. The van der Waals surface area contributed by atoms with Crippen LogP contribution in [0.5, 0.6) is 0 Å². The highest BCUT2D eigenvalue weighted by Gasteiger charge is 2.22. The van der Waals surface area contributed by atoms with Crippen LogP contribution in [-0.4, -0.2) is 10.7 Å². The van der Waals surface area contributed by atoms with Crippen molar-refractivity contribution in [3.05, 3.63) is 205 Å². The van der Waals surface area contributed by atoms with E-state index in [1.54, 1.807) is 6.20 Å². The third kappa shape index (κ3) is 5.45. The number of allylic oxidation sites excluding steroid dienone is 1. The normalized spacial score (nSPS) is 14.2. The van der Waals surface area contributed by atoms with E-state index in [4.69, 9.17) is 4.99 Å². The van der Waals surface area contributed by atoms with E-state index in [0.29, 0.717) is 0 Å². The van der Waals surface area contributed by atoms with E-state index in [1.165, 1.54) is 43.8 Å². The van der Waals surface area contributed by atoms with Crippen LogP contribution in [0.2, 0.25) is 0 Å². The number of hydrogen-bond donors (Lipinski definition) is 1. The molecule has 3 nitrogen and oxygen atoms in total. The Balaban J connectivity index is 1.20. The minimum Gasteiger partial charge on any atom is -0.360 e. The van der Waals surface area contributed by atoms with Crippen LogP contribution < -0.4 is 5.32 Å². The number of benzene rings is 7. The minimum absolute atomic E-state index is 0.284. The molecule has 1 aliphatic heterocycles. The van der Waals surface area contributed by atoms with Gasteiger partial charge in [-0.15, -0.1) is 0 Å². The number of fused-ring (bicyclic) bond motifs is 2. The fraction of sp³-hybridized carbons (Fsp3) is 0.0213. The summed E-state index contributed by atoms with van der Waals surface area (Å²) in [5.41, 5.74) is 12.4. The van der Waals surface area contributed by atoms with E-state index in [-0.39, 0.29) is 6.17 Å². The van der Waals surface area contributed by atoms with Gasteiger partial charge in [-0.05, 0) is 84.8 Å². The van der Waals surface area contributed by atoms with E-state index in [0.717, 1.165) is 39.2 Å². The van der Waals surface area contributed by atoms with Crippen molar-refractivity contribution in [1.29, 1.82) is 0 Å². The zero-order valence-corrected chi connectivity index (χ0v) is 27.4. The zero-order chi connectivity index (χ0) is 33.3. The maximum Gasteiger partial charge on any atom is 0.145 e. The van der Waals surface area contributed by atoms with Crippen molar-refractivity contribution in [2.75, 3.05) is 0 Å². The summed E-state index contributed by atoms with van der Waals surface area (Å²) in [5, 5.41) is 8.75.